The van der Waals surface area contributed by atoms with Crippen LogP contribution in [0, 0.1) is 0 Å². The summed E-state index contributed by atoms with van der Waals surface area (Å²) in [5.41, 5.74) is 6.54. The fourth-order valence-corrected chi connectivity index (χ4v) is 0.936. The number of carbonyl (C=O) groups excluding carboxylic acids is 1. The molecule has 0 heterocycles. The lowest BCUT2D eigenvalue weighted by molar-refractivity contribution is -0.149. The Morgan fingerprint density at radius 2 is 1.95 bits per heavy atom. The van der Waals surface area contributed by atoms with E-state index in [4.69, 9.17) is 10.5 Å². The second kappa shape index (κ2) is 11.7. The molecule has 1 rings (SSSR count). The quantitative estimate of drug-likeness (QED) is 0.524. The molecule has 1 atom stereocenters. The summed E-state index contributed by atoms with van der Waals surface area (Å²) >= 11 is 0. The van der Waals surface area contributed by atoms with Crippen molar-refractivity contribution < 1.29 is 9.53 Å². The van der Waals surface area contributed by atoms with E-state index in [0.717, 1.165) is 6.08 Å². The van der Waals surface area contributed by atoms with Gasteiger partial charge in [-0.2, -0.15) is 0 Å². The smallest absolute Gasteiger partial charge is 0.331 e. The summed E-state index contributed by atoms with van der Waals surface area (Å²) in [6.07, 6.45) is 0.963. The summed E-state index contributed by atoms with van der Waals surface area (Å²) in [6.45, 7) is 5.71. The van der Waals surface area contributed by atoms with Gasteiger partial charge in [-0.15, -0.1) is 12.4 Å². The van der Waals surface area contributed by atoms with Crippen LogP contribution in [0.15, 0.2) is 43.0 Å². The first-order chi connectivity index (χ1) is 8.51. The maximum absolute atomic E-state index is 10.6. The molecule has 1 unspecified atom stereocenters. The van der Waals surface area contributed by atoms with E-state index in [1.54, 1.807) is 11.8 Å². The van der Waals surface area contributed by atoms with E-state index < -0.39 is 0 Å². The first kappa shape index (κ1) is 20.0. The highest BCUT2D eigenvalue weighted by atomic mass is 35.5. The summed E-state index contributed by atoms with van der Waals surface area (Å²) < 4.78 is 4.83. The van der Waals surface area contributed by atoms with E-state index in [2.05, 4.69) is 6.58 Å². The molecule has 0 saturated heterocycles. The van der Waals surface area contributed by atoms with Crippen molar-refractivity contribution >= 4 is 18.4 Å². The molecule has 2 N–H and O–H groups in total. The number of halogens is 1. The maximum atomic E-state index is 10.6. The van der Waals surface area contributed by atoms with Gasteiger partial charge in [0.25, 0.3) is 0 Å². The van der Waals surface area contributed by atoms with E-state index in [1.807, 2.05) is 44.4 Å². The van der Waals surface area contributed by atoms with Gasteiger partial charge in [-0.25, -0.2) is 4.79 Å². The van der Waals surface area contributed by atoms with Crippen molar-refractivity contribution in [3.05, 3.63) is 48.6 Å². The van der Waals surface area contributed by atoms with Crippen LogP contribution in [0.1, 0.15) is 12.5 Å². The van der Waals surface area contributed by atoms with E-state index in [9.17, 15) is 4.79 Å². The molecule has 0 aliphatic rings. The molecule has 0 spiro atoms. The highest BCUT2D eigenvalue weighted by Crippen LogP contribution is 1.94. The standard InChI is InChI=1S/C7H13NO2.C7H9N.ClH/c1-5-7(9)10-6(2)8(3)4;8-6-7-4-2-1-3-5-7;/h5-6H,1H2,2-4H3;1-5H,6,8H2;1H. The van der Waals surface area contributed by atoms with Gasteiger partial charge >= 0.3 is 5.97 Å². The molecular formula is C14H23ClN2O2. The molecule has 0 fully saturated rings. The molecular weight excluding hydrogens is 264 g/mol. The van der Waals surface area contributed by atoms with E-state index >= 15 is 0 Å². The van der Waals surface area contributed by atoms with Crippen LogP contribution in [0.5, 0.6) is 0 Å². The number of ether oxygens (including phenoxy) is 1. The maximum Gasteiger partial charge on any atom is 0.331 e. The highest BCUT2D eigenvalue weighted by Gasteiger charge is 2.06. The van der Waals surface area contributed by atoms with E-state index in [0.29, 0.717) is 6.54 Å². The Kier molecular flexibility index (Phi) is 12.3. The zero-order valence-corrected chi connectivity index (χ0v) is 12.5. The lowest BCUT2D eigenvalue weighted by Crippen LogP contribution is -2.29. The number of nitrogens with zero attached hydrogens (tertiary/aromatic N) is 1. The third kappa shape index (κ3) is 10.3. The van der Waals surface area contributed by atoms with Gasteiger partial charge in [-0.05, 0) is 26.6 Å². The molecule has 5 heteroatoms. The Morgan fingerprint density at radius 3 is 2.26 bits per heavy atom. The lowest BCUT2D eigenvalue weighted by Gasteiger charge is -2.18. The number of rotatable bonds is 4. The van der Waals surface area contributed by atoms with Crippen molar-refractivity contribution in [1.29, 1.82) is 0 Å². The van der Waals surface area contributed by atoms with Crippen LogP contribution in [0.2, 0.25) is 0 Å². The summed E-state index contributed by atoms with van der Waals surface area (Å²) in [5, 5.41) is 0. The third-order valence-corrected chi connectivity index (χ3v) is 2.26. The summed E-state index contributed by atoms with van der Waals surface area (Å²) in [6, 6.07) is 9.99. The summed E-state index contributed by atoms with van der Waals surface area (Å²) in [4.78, 5) is 12.4. The molecule has 1 aromatic carbocycles. The van der Waals surface area contributed by atoms with Crippen molar-refractivity contribution in [2.75, 3.05) is 14.1 Å². The van der Waals surface area contributed by atoms with Gasteiger partial charge in [0.05, 0.1) is 0 Å². The van der Waals surface area contributed by atoms with Gasteiger partial charge in [0.1, 0.15) is 0 Å². The third-order valence-electron chi connectivity index (χ3n) is 2.26. The lowest BCUT2D eigenvalue weighted by atomic mass is 10.2. The van der Waals surface area contributed by atoms with E-state index in [-0.39, 0.29) is 24.6 Å². The number of hydrogen-bond acceptors (Lipinski definition) is 4. The van der Waals surface area contributed by atoms with Gasteiger partial charge < -0.3 is 10.5 Å². The predicted molar refractivity (Wildman–Crippen MR) is 81.0 cm³/mol. The topological polar surface area (TPSA) is 55.6 Å². The minimum absolute atomic E-state index is 0. The first-order valence-electron chi connectivity index (χ1n) is 5.74. The normalized spacial score (nSPS) is 10.6. The zero-order chi connectivity index (χ0) is 14.0. The SMILES string of the molecule is C=CC(=O)OC(C)N(C)C.Cl.NCc1ccccc1. The van der Waals surface area contributed by atoms with Crippen LogP contribution < -0.4 is 5.73 Å². The molecule has 0 aliphatic heterocycles. The fraction of sp³-hybridized carbons (Fsp3) is 0.357. The molecule has 0 amide bonds. The summed E-state index contributed by atoms with van der Waals surface area (Å²) in [7, 11) is 3.67. The van der Waals surface area contributed by atoms with Crippen LogP contribution in [-0.4, -0.2) is 31.2 Å². The van der Waals surface area contributed by atoms with Gasteiger partial charge in [-0.1, -0.05) is 36.9 Å². The van der Waals surface area contributed by atoms with E-state index in [1.165, 1.54) is 5.56 Å². The van der Waals surface area contributed by atoms with Crippen LogP contribution in [0.25, 0.3) is 0 Å². The molecule has 0 aromatic heterocycles. The molecule has 1 aromatic rings. The Labute approximate surface area is 121 Å². The second-order valence-corrected chi connectivity index (χ2v) is 3.89. The molecule has 0 radical (unpaired) electrons. The fourth-order valence-electron chi connectivity index (χ4n) is 0.936. The van der Waals surface area contributed by atoms with Crippen LogP contribution in [0.4, 0.5) is 0 Å². The Morgan fingerprint density at radius 1 is 1.42 bits per heavy atom. The number of benzene rings is 1. The van der Waals surface area contributed by atoms with Crippen molar-refractivity contribution in [3.63, 3.8) is 0 Å². The summed E-state index contributed by atoms with van der Waals surface area (Å²) in [5.74, 6) is -0.388. The minimum atomic E-state index is -0.388. The number of hydrogen-bond donors (Lipinski definition) is 1. The Hall–Kier alpha value is -1.36. The Balaban J connectivity index is 0. The van der Waals surface area contributed by atoms with Crippen molar-refractivity contribution in [3.8, 4) is 0 Å². The van der Waals surface area contributed by atoms with Gasteiger partial charge in [-0.3, -0.25) is 4.90 Å². The first-order valence-corrected chi connectivity index (χ1v) is 5.74. The van der Waals surface area contributed by atoms with Gasteiger partial charge in [0.15, 0.2) is 6.23 Å². The van der Waals surface area contributed by atoms with Crippen LogP contribution in [0.3, 0.4) is 0 Å². The molecule has 19 heavy (non-hydrogen) atoms. The second-order valence-electron chi connectivity index (χ2n) is 3.89. The van der Waals surface area contributed by atoms with Crippen LogP contribution >= 0.6 is 12.4 Å². The van der Waals surface area contributed by atoms with Gasteiger partial charge in [0.2, 0.25) is 0 Å². The molecule has 108 valence electrons. The number of carbonyl (C=O) groups is 1. The van der Waals surface area contributed by atoms with Crippen molar-refractivity contribution in [1.82, 2.24) is 4.90 Å². The number of nitrogens with two attached hydrogens (primary N) is 1. The monoisotopic (exact) mass is 286 g/mol. The zero-order valence-electron chi connectivity index (χ0n) is 11.7. The average molecular weight is 287 g/mol. The average Bonchev–Trinajstić information content (AvgIpc) is 2.40. The highest BCUT2D eigenvalue weighted by molar-refractivity contribution is 5.85. The minimum Gasteiger partial charge on any atom is -0.444 e. The van der Waals surface area contributed by atoms with Gasteiger partial charge in [0, 0.05) is 12.6 Å². The number of esters is 1. The molecule has 4 nitrogen and oxygen atoms in total. The Bertz CT molecular complexity index is 356. The molecule has 0 saturated carbocycles. The van der Waals surface area contributed by atoms with Crippen molar-refractivity contribution in [2.45, 2.75) is 19.7 Å². The molecule has 0 bridgehead atoms. The largest absolute Gasteiger partial charge is 0.444 e. The van der Waals surface area contributed by atoms with Crippen molar-refractivity contribution in [2.24, 2.45) is 5.73 Å². The van der Waals surface area contributed by atoms with Crippen LogP contribution in [-0.2, 0) is 16.1 Å². The predicted octanol–water partition coefficient (Wildman–Crippen LogP) is 2.19. The molecule has 0 aliphatic carbocycles.